The molecular weight excluding hydrogens is 189 g/mol. The second-order valence-electron chi connectivity index (χ2n) is 2.87. The van der Waals surface area contributed by atoms with E-state index >= 15 is 0 Å². The summed E-state index contributed by atoms with van der Waals surface area (Å²) in [6.45, 7) is 0. The van der Waals surface area contributed by atoms with Gasteiger partial charge in [0.2, 0.25) is 0 Å². The molecule has 0 aliphatic rings. The highest BCUT2D eigenvalue weighted by Gasteiger charge is 2.16. The first-order valence-electron chi connectivity index (χ1n) is 4.00. The van der Waals surface area contributed by atoms with Crippen molar-refractivity contribution in [3.63, 3.8) is 0 Å². The molecule has 0 unspecified atom stereocenters. The van der Waals surface area contributed by atoms with Gasteiger partial charge in [0.25, 0.3) is 0 Å². The number of halogens is 1. The van der Waals surface area contributed by atoms with Crippen LogP contribution in [0.2, 0.25) is 0 Å². The Hall–Kier alpha value is -1.62. The summed E-state index contributed by atoms with van der Waals surface area (Å²) in [5.74, 6) is -1.16. The van der Waals surface area contributed by atoms with E-state index in [2.05, 4.69) is 0 Å². The lowest BCUT2D eigenvalue weighted by atomic mass is 10.1. The Bertz CT molecular complexity index is 312. The monoisotopic (exact) mass is 199 g/mol. The number of aromatic hydroxyl groups is 1. The molecule has 14 heavy (non-hydrogen) atoms. The fraction of sp³-hybridized carbons (Fsp3) is 0.222. The molecule has 0 heterocycles. The molecule has 0 aliphatic heterocycles. The number of carboxylic acids is 1. The minimum absolute atomic E-state index is 0.0338. The molecular formula is C9H10FNO3. The zero-order chi connectivity index (χ0) is 10.6. The van der Waals surface area contributed by atoms with Crippen LogP contribution in [0.1, 0.15) is 5.56 Å². The summed E-state index contributed by atoms with van der Waals surface area (Å²) >= 11 is 0. The van der Waals surface area contributed by atoms with E-state index in [9.17, 15) is 9.28 Å². The number of benzene rings is 1. The molecule has 4 nitrogen and oxygen atoms in total. The molecule has 0 saturated heterocycles. The van der Waals surface area contributed by atoms with Crippen molar-refractivity contribution in [1.82, 2.24) is 5.54 Å². The Labute approximate surface area is 79.9 Å². The standard InChI is InChI=1S/C9H10FNO3/c10-11-8(9(13)14)5-6-1-3-7(12)4-2-6/h1-4,8,11-12H,5H2,(H,13,14)/t8-/m0/s1. The molecule has 3 N–H and O–H groups in total. The SMILES string of the molecule is O=C(O)[C@H](Cc1ccc(O)cc1)NF. The van der Waals surface area contributed by atoms with E-state index < -0.39 is 12.0 Å². The zero-order valence-electron chi connectivity index (χ0n) is 7.27. The Kier molecular flexibility index (Phi) is 3.41. The molecule has 5 heteroatoms. The molecule has 0 saturated carbocycles. The van der Waals surface area contributed by atoms with Gasteiger partial charge in [-0.3, -0.25) is 4.79 Å². The van der Waals surface area contributed by atoms with Gasteiger partial charge in [0.1, 0.15) is 11.8 Å². The molecule has 1 aromatic carbocycles. The third-order valence-electron chi connectivity index (χ3n) is 1.81. The highest BCUT2D eigenvalue weighted by atomic mass is 19.2. The van der Waals surface area contributed by atoms with Crippen LogP contribution in [0.15, 0.2) is 24.3 Å². The van der Waals surface area contributed by atoms with Crippen molar-refractivity contribution in [2.45, 2.75) is 12.5 Å². The fourth-order valence-electron chi connectivity index (χ4n) is 1.04. The molecule has 0 amide bonds. The lowest BCUT2D eigenvalue weighted by Crippen LogP contribution is -2.33. The number of hydrogen-bond donors (Lipinski definition) is 3. The molecule has 76 valence electrons. The zero-order valence-corrected chi connectivity index (χ0v) is 7.27. The molecule has 0 radical (unpaired) electrons. The first-order chi connectivity index (χ1) is 6.63. The number of nitrogens with one attached hydrogen (secondary N) is 1. The van der Waals surface area contributed by atoms with Gasteiger partial charge in [-0.25, -0.2) is 0 Å². The smallest absolute Gasteiger partial charge is 0.323 e. The van der Waals surface area contributed by atoms with Crippen LogP contribution >= 0.6 is 0 Å². The molecule has 0 aromatic heterocycles. The minimum atomic E-state index is -1.25. The number of phenolic OH excluding ortho intramolecular Hbond substituents is 1. The summed E-state index contributed by atoms with van der Waals surface area (Å²) < 4.78 is 12.0. The van der Waals surface area contributed by atoms with Crippen molar-refractivity contribution in [3.8, 4) is 5.75 Å². The van der Waals surface area contributed by atoms with E-state index in [1.807, 2.05) is 0 Å². The van der Waals surface area contributed by atoms with Crippen LogP contribution in [0.4, 0.5) is 4.48 Å². The van der Waals surface area contributed by atoms with E-state index in [0.717, 1.165) is 0 Å². The van der Waals surface area contributed by atoms with Crippen molar-refractivity contribution >= 4 is 5.97 Å². The lowest BCUT2D eigenvalue weighted by Gasteiger charge is -2.08. The summed E-state index contributed by atoms with van der Waals surface area (Å²) in [5, 5.41) is 17.5. The quantitative estimate of drug-likeness (QED) is 0.629. The van der Waals surface area contributed by atoms with Crippen molar-refractivity contribution < 1.29 is 19.5 Å². The van der Waals surface area contributed by atoms with Gasteiger partial charge in [-0.2, -0.15) is 0 Å². The van der Waals surface area contributed by atoms with E-state index in [-0.39, 0.29) is 12.2 Å². The first-order valence-corrected chi connectivity index (χ1v) is 4.00. The van der Waals surface area contributed by atoms with Crippen LogP contribution in [-0.4, -0.2) is 22.2 Å². The number of carbonyl (C=O) groups is 1. The van der Waals surface area contributed by atoms with Gasteiger partial charge in [0, 0.05) is 6.42 Å². The van der Waals surface area contributed by atoms with Gasteiger partial charge in [-0.15, -0.1) is 10.0 Å². The van der Waals surface area contributed by atoms with Crippen LogP contribution in [0.25, 0.3) is 0 Å². The van der Waals surface area contributed by atoms with E-state index in [4.69, 9.17) is 10.2 Å². The van der Waals surface area contributed by atoms with Gasteiger partial charge >= 0.3 is 5.97 Å². The maximum Gasteiger partial charge on any atom is 0.323 e. The van der Waals surface area contributed by atoms with E-state index in [1.165, 1.54) is 17.7 Å². The average Bonchev–Trinajstić information content (AvgIpc) is 2.16. The van der Waals surface area contributed by atoms with Crippen LogP contribution in [0.5, 0.6) is 5.75 Å². The van der Waals surface area contributed by atoms with Crippen LogP contribution in [-0.2, 0) is 11.2 Å². The molecule has 0 bridgehead atoms. The van der Waals surface area contributed by atoms with Crippen LogP contribution in [0, 0.1) is 0 Å². The van der Waals surface area contributed by atoms with E-state index in [0.29, 0.717) is 5.56 Å². The number of phenols is 1. The Morgan fingerprint density at radius 1 is 1.43 bits per heavy atom. The van der Waals surface area contributed by atoms with Crippen LogP contribution in [0.3, 0.4) is 0 Å². The van der Waals surface area contributed by atoms with Gasteiger partial charge in [0.15, 0.2) is 0 Å². The summed E-state index contributed by atoms with van der Waals surface area (Å²) in [6, 6.07) is 4.68. The molecule has 1 atom stereocenters. The van der Waals surface area contributed by atoms with Gasteiger partial charge in [-0.1, -0.05) is 12.1 Å². The average molecular weight is 199 g/mol. The summed E-state index contributed by atoms with van der Waals surface area (Å²) in [7, 11) is 0. The van der Waals surface area contributed by atoms with Gasteiger partial charge < -0.3 is 10.2 Å². The number of carboxylic acid groups (broad SMARTS) is 1. The van der Waals surface area contributed by atoms with E-state index in [1.54, 1.807) is 12.1 Å². The number of aliphatic carboxylic acids is 1. The molecule has 0 fully saturated rings. The Morgan fingerprint density at radius 2 is 2.00 bits per heavy atom. The highest BCUT2D eigenvalue weighted by molar-refractivity contribution is 5.73. The second-order valence-corrected chi connectivity index (χ2v) is 2.87. The third kappa shape index (κ3) is 2.70. The van der Waals surface area contributed by atoms with Crippen molar-refractivity contribution in [1.29, 1.82) is 0 Å². The summed E-state index contributed by atoms with van der Waals surface area (Å²) in [6.07, 6.45) is 0.0338. The first kappa shape index (κ1) is 10.5. The largest absolute Gasteiger partial charge is 0.508 e. The van der Waals surface area contributed by atoms with Crippen LogP contribution < -0.4 is 5.54 Å². The third-order valence-corrected chi connectivity index (χ3v) is 1.81. The predicted octanol–water partition coefficient (Wildman–Crippen LogP) is 0.862. The lowest BCUT2D eigenvalue weighted by molar-refractivity contribution is -0.140. The Balaban J connectivity index is 2.67. The molecule has 1 aromatic rings. The summed E-state index contributed by atoms with van der Waals surface area (Å²) in [4.78, 5) is 10.4. The fourth-order valence-corrected chi connectivity index (χ4v) is 1.04. The molecule has 0 aliphatic carbocycles. The topological polar surface area (TPSA) is 69.6 Å². The molecule has 1 rings (SSSR count). The normalized spacial score (nSPS) is 12.4. The van der Waals surface area contributed by atoms with Gasteiger partial charge in [-0.05, 0) is 17.7 Å². The van der Waals surface area contributed by atoms with Crippen molar-refractivity contribution in [3.05, 3.63) is 29.8 Å². The predicted molar refractivity (Wildman–Crippen MR) is 47.5 cm³/mol. The number of rotatable bonds is 4. The van der Waals surface area contributed by atoms with Gasteiger partial charge in [0.05, 0.1) is 0 Å². The summed E-state index contributed by atoms with van der Waals surface area (Å²) in [5.41, 5.74) is 1.84. The molecule has 0 spiro atoms. The highest BCUT2D eigenvalue weighted by Crippen LogP contribution is 2.11. The second kappa shape index (κ2) is 4.57. The maximum absolute atomic E-state index is 12.0. The minimum Gasteiger partial charge on any atom is -0.508 e. The number of hydrogen-bond acceptors (Lipinski definition) is 3. The van der Waals surface area contributed by atoms with Crippen molar-refractivity contribution in [2.24, 2.45) is 0 Å². The maximum atomic E-state index is 12.0. The Morgan fingerprint density at radius 3 is 2.43 bits per heavy atom. The van der Waals surface area contributed by atoms with Crippen molar-refractivity contribution in [2.75, 3.05) is 0 Å².